The van der Waals surface area contributed by atoms with Gasteiger partial charge in [0, 0.05) is 18.0 Å². The second-order valence-corrected chi connectivity index (χ2v) is 8.87. The van der Waals surface area contributed by atoms with Crippen molar-refractivity contribution in [1.82, 2.24) is 14.9 Å². The number of carbonyl (C=O) groups excluding carboxylic acids is 1. The molecule has 0 aliphatic rings. The van der Waals surface area contributed by atoms with Gasteiger partial charge in [-0.2, -0.15) is 0 Å². The summed E-state index contributed by atoms with van der Waals surface area (Å²) in [6.07, 6.45) is 1.85. The van der Waals surface area contributed by atoms with Crippen LogP contribution >= 0.6 is 11.6 Å². The molecule has 4 aromatic rings. The summed E-state index contributed by atoms with van der Waals surface area (Å²) in [6.45, 7) is 6.00. The van der Waals surface area contributed by atoms with Gasteiger partial charge in [0.2, 0.25) is 5.91 Å². The molecule has 1 amide bonds. The molecule has 0 bridgehead atoms. The molecule has 3 aromatic carbocycles. The lowest BCUT2D eigenvalue weighted by atomic mass is 10.1. The Morgan fingerprint density at radius 3 is 2.53 bits per heavy atom. The van der Waals surface area contributed by atoms with Crippen LogP contribution in [0, 0.1) is 13.8 Å². The summed E-state index contributed by atoms with van der Waals surface area (Å²) in [5.74, 6) is 1.94. The first kappa shape index (κ1) is 23.8. The van der Waals surface area contributed by atoms with Crippen molar-refractivity contribution in [3.8, 4) is 5.75 Å². The third-order valence-corrected chi connectivity index (χ3v) is 6.28. The lowest BCUT2D eigenvalue weighted by molar-refractivity contribution is -0.120. The molecule has 0 atom stereocenters. The van der Waals surface area contributed by atoms with Gasteiger partial charge in [-0.1, -0.05) is 60.1 Å². The van der Waals surface area contributed by atoms with Crippen LogP contribution in [0.3, 0.4) is 0 Å². The highest BCUT2D eigenvalue weighted by Crippen LogP contribution is 2.23. The minimum absolute atomic E-state index is 0.0244. The molecule has 4 rings (SSSR count). The number of imidazole rings is 1. The Hall–Kier alpha value is -3.31. The van der Waals surface area contributed by atoms with Crippen LogP contribution in [0.5, 0.6) is 5.75 Å². The van der Waals surface area contributed by atoms with E-state index in [0.29, 0.717) is 24.7 Å². The van der Waals surface area contributed by atoms with E-state index in [9.17, 15) is 4.79 Å². The SMILES string of the molecule is Cc1cccc(C)c1OCCn1c(CCCNC(=O)Cc2ccccc2Cl)nc2ccccc21. The van der Waals surface area contributed by atoms with E-state index in [1.807, 2.05) is 42.5 Å². The molecule has 0 unspecified atom stereocenters. The smallest absolute Gasteiger partial charge is 0.224 e. The van der Waals surface area contributed by atoms with Gasteiger partial charge < -0.3 is 14.6 Å². The first-order valence-electron chi connectivity index (χ1n) is 11.7. The minimum atomic E-state index is -0.0244. The Morgan fingerprint density at radius 2 is 1.74 bits per heavy atom. The fourth-order valence-corrected chi connectivity index (χ4v) is 4.39. The van der Waals surface area contributed by atoms with Crippen molar-refractivity contribution in [2.45, 2.75) is 39.7 Å². The van der Waals surface area contributed by atoms with Gasteiger partial charge in [0.25, 0.3) is 0 Å². The van der Waals surface area contributed by atoms with Crippen molar-refractivity contribution in [3.63, 3.8) is 0 Å². The summed E-state index contributed by atoms with van der Waals surface area (Å²) in [5.41, 5.74) is 5.21. The lowest BCUT2D eigenvalue weighted by Crippen LogP contribution is -2.26. The van der Waals surface area contributed by atoms with Crippen molar-refractivity contribution in [2.24, 2.45) is 0 Å². The number of hydrogen-bond acceptors (Lipinski definition) is 3. The second-order valence-electron chi connectivity index (χ2n) is 8.46. The molecule has 1 aromatic heterocycles. The summed E-state index contributed by atoms with van der Waals surface area (Å²) in [6, 6.07) is 21.8. The number of nitrogens with zero attached hydrogens (tertiary/aromatic N) is 2. The van der Waals surface area contributed by atoms with Crippen LogP contribution in [0.15, 0.2) is 66.7 Å². The van der Waals surface area contributed by atoms with Gasteiger partial charge in [-0.15, -0.1) is 0 Å². The largest absolute Gasteiger partial charge is 0.491 e. The third-order valence-electron chi connectivity index (χ3n) is 5.91. The number of amides is 1. The average molecular weight is 476 g/mol. The molecular weight excluding hydrogens is 446 g/mol. The summed E-state index contributed by atoms with van der Waals surface area (Å²) < 4.78 is 8.38. The van der Waals surface area contributed by atoms with Crippen LogP contribution < -0.4 is 10.1 Å². The van der Waals surface area contributed by atoms with Gasteiger partial charge in [0.05, 0.1) is 24.0 Å². The van der Waals surface area contributed by atoms with Crippen LogP contribution in [0.1, 0.15) is 28.9 Å². The van der Waals surface area contributed by atoms with Crippen molar-refractivity contribution < 1.29 is 9.53 Å². The molecule has 0 radical (unpaired) electrons. The molecule has 5 nitrogen and oxygen atoms in total. The Balaban J connectivity index is 1.35. The van der Waals surface area contributed by atoms with Gasteiger partial charge in [-0.25, -0.2) is 4.98 Å². The number of rotatable bonds is 10. The highest BCUT2D eigenvalue weighted by molar-refractivity contribution is 6.31. The molecule has 176 valence electrons. The highest BCUT2D eigenvalue weighted by atomic mass is 35.5. The number of ether oxygens (including phenoxy) is 1. The monoisotopic (exact) mass is 475 g/mol. The van der Waals surface area contributed by atoms with Crippen LogP contribution in [-0.4, -0.2) is 28.6 Å². The van der Waals surface area contributed by atoms with Crippen molar-refractivity contribution in [3.05, 3.63) is 94.3 Å². The normalized spacial score (nSPS) is 11.0. The Morgan fingerprint density at radius 1 is 1.00 bits per heavy atom. The van der Waals surface area contributed by atoms with Crippen molar-refractivity contribution in [1.29, 1.82) is 0 Å². The van der Waals surface area contributed by atoms with Crippen molar-refractivity contribution in [2.75, 3.05) is 13.2 Å². The third kappa shape index (κ3) is 5.78. The molecule has 34 heavy (non-hydrogen) atoms. The zero-order chi connectivity index (χ0) is 23.9. The predicted octanol–water partition coefficient (Wildman–Crippen LogP) is 5.68. The first-order valence-corrected chi connectivity index (χ1v) is 12.0. The van der Waals surface area contributed by atoms with E-state index in [0.717, 1.165) is 52.1 Å². The van der Waals surface area contributed by atoms with E-state index in [4.69, 9.17) is 21.3 Å². The first-order chi connectivity index (χ1) is 16.5. The number of benzene rings is 3. The van der Waals surface area contributed by atoms with E-state index in [1.165, 1.54) is 0 Å². The van der Waals surface area contributed by atoms with Crippen LogP contribution in [0.4, 0.5) is 0 Å². The highest BCUT2D eigenvalue weighted by Gasteiger charge is 2.12. The molecule has 0 spiro atoms. The van der Waals surface area contributed by atoms with Gasteiger partial charge in [0.1, 0.15) is 18.2 Å². The second kappa shape index (κ2) is 11.2. The molecule has 1 heterocycles. The summed E-state index contributed by atoms with van der Waals surface area (Å²) in [4.78, 5) is 17.2. The standard InChI is InChI=1S/C28H30ClN3O2/c1-20-9-7-10-21(2)28(20)34-18-17-32-25-14-6-5-13-24(25)31-26(32)15-8-16-30-27(33)19-22-11-3-4-12-23(22)29/h3-7,9-14H,8,15-19H2,1-2H3,(H,30,33). The number of aryl methyl sites for hydroxylation is 3. The van der Waals surface area contributed by atoms with Gasteiger partial charge >= 0.3 is 0 Å². The summed E-state index contributed by atoms with van der Waals surface area (Å²) in [5, 5.41) is 3.62. The Bertz CT molecular complexity index is 1260. The molecule has 6 heteroatoms. The number of para-hydroxylation sites is 3. The maximum Gasteiger partial charge on any atom is 0.224 e. The summed E-state index contributed by atoms with van der Waals surface area (Å²) in [7, 11) is 0. The Labute approximate surface area is 205 Å². The van der Waals surface area contributed by atoms with Crippen LogP contribution in [0.2, 0.25) is 5.02 Å². The lowest BCUT2D eigenvalue weighted by Gasteiger charge is -2.14. The minimum Gasteiger partial charge on any atom is -0.491 e. The molecule has 1 N–H and O–H groups in total. The number of halogens is 1. The zero-order valence-corrected chi connectivity index (χ0v) is 20.4. The fourth-order valence-electron chi connectivity index (χ4n) is 4.18. The van der Waals surface area contributed by atoms with E-state index in [1.54, 1.807) is 6.07 Å². The number of hydrogen-bond donors (Lipinski definition) is 1. The van der Waals surface area contributed by atoms with Gasteiger partial charge in [-0.05, 0) is 55.2 Å². The Kier molecular flexibility index (Phi) is 7.86. The number of aromatic nitrogens is 2. The number of nitrogens with one attached hydrogen (secondary N) is 1. The van der Waals surface area contributed by atoms with Crippen LogP contribution in [-0.2, 0) is 24.2 Å². The van der Waals surface area contributed by atoms with E-state index >= 15 is 0 Å². The average Bonchev–Trinajstić information content (AvgIpc) is 3.17. The maximum atomic E-state index is 12.3. The van der Waals surface area contributed by atoms with E-state index < -0.39 is 0 Å². The maximum absolute atomic E-state index is 12.3. The predicted molar refractivity (Wildman–Crippen MR) is 138 cm³/mol. The molecule has 0 aliphatic carbocycles. The van der Waals surface area contributed by atoms with E-state index in [-0.39, 0.29) is 12.3 Å². The molecule has 0 saturated carbocycles. The van der Waals surface area contributed by atoms with Crippen LogP contribution in [0.25, 0.3) is 11.0 Å². The molecule has 0 saturated heterocycles. The molecule has 0 fully saturated rings. The number of fused-ring (bicyclic) bond motifs is 1. The van der Waals surface area contributed by atoms with Gasteiger partial charge in [0.15, 0.2) is 0 Å². The number of carbonyl (C=O) groups is 1. The van der Waals surface area contributed by atoms with E-state index in [2.05, 4.69) is 41.9 Å². The fraction of sp³-hybridized carbons (Fsp3) is 0.286. The quantitative estimate of drug-likeness (QED) is 0.300. The topological polar surface area (TPSA) is 56.1 Å². The summed E-state index contributed by atoms with van der Waals surface area (Å²) >= 11 is 6.16. The zero-order valence-electron chi connectivity index (χ0n) is 19.7. The van der Waals surface area contributed by atoms with Crippen molar-refractivity contribution >= 4 is 28.5 Å². The molecular formula is C28H30ClN3O2. The molecule has 0 aliphatic heterocycles. The van der Waals surface area contributed by atoms with Gasteiger partial charge in [-0.3, -0.25) is 4.79 Å².